The minimum atomic E-state index is -0.732. The average molecular weight is 352 g/mol. The van der Waals surface area contributed by atoms with E-state index in [1.165, 1.54) is 0 Å². The number of carbonyl (C=O) groups excluding carboxylic acids is 2. The second kappa shape index (κ2) is 7.69. The molecule has 3 rings (SSSR count). The maximum atomic E-state index is 12.6. The summed E-state index contributed by atoms with van der Waals surface area (Å²) in [4.78, 5) is 28.7. The molecule has 0 aliphatic heterocycles. The number of hydrogen-bond acceptors (Lipinski definition) is 5. The number of aromatic nitrogens is 1. The molecule has 2 aromatic carbocycles. The number of fused-ring (bicyclic) bond motifs is 1. The summed E-state index contributed by atoms with van der Waals surface area (Å²) in [5.41, 5.74) is 2.82. The van der Waals surface area contributed by atoms with Crippen LogP contribution in [0.15, 0.2) is 52.9 Å². The van der Waals surface area contributed by atoms with Crippen LogP contribution in [0.2, 0.25) is 0 Å². The largest absolute Gasteiger partial charge is 0.441 e. The first-order valence-electron chi connectivity index (χ1n) is 8.34. The van der Waals surface area contributed by atoms with Crippen molar-refractivity contribution >= 4 is 28.7 Å². The fraction of sp³-hybridized carbons (Fsp3) is 0.211. The molecule has 26 heavy (non-hydrogen) atoms. The van der Waals surface area contributed by atoms with Crippen molar-refractivity contribution in [2.75, 3.05) is 11.9 Å². The van der Waals surface area contributed by atoms with Crippen LogP contribution in [0.5, 0.6) is 0 Å². The second-order valence-electron chi connectivity index (χ2n) is 5.75. The van der Waals surface area contributed by atoms with Gasteiger partial charge in [0.1, 0.15) is 11.6 Å². The van der Waals surface area contributed by atoms with Crippen LogP contribution in [-0.2, 0) is 4.79 Å². The fourth-order valence-electron chi connectivity index (χ4n) is 2.63. The number of rotatable bonds is 5. The lowest BCUT2D eigenvalue weighted by molar-refractivity contribution is -0.120. The molecule has 0 fully saturated rings. The van der Waals surface area contributed by atoms with Crippen molar-refractivity contribution in [3.05, 3.63) is 60.0 Å². The Morgan fingerprint density at radius 1 is 1.15 bits per heavy atom. The first kappa shape index (κ1) is 17.5. The van der Waals surface area contributed by atoms with Gasteiger partial charge in [-0.3, -0.25) is 10.1 Å². The van der Waals surface area contributed by atoms with Crippen LogP contribution >= 0.6 is 0 Å². The number of benzene rings is 2. The van der Waals surface area contributed by atoms with E-state index in [4.69, 9.17) is 4.42 Å². The highest BCUT2D eigenvalue weighted by molar-refractivity contribution is 5.98. The van der Waals surface area contributed by atoms with Crippen molar-refractivity contribution < 1.29 is 14.0 Å². The zero-order valence-corrected chi connectivity index (χ0v) is 14.6. The second-order valence-corrected chi connectivity index (χ2v) is 5.75. The Morgan fingerprint density at radius 2 is 1.92 bits per heavy atom. The molecule has 1 aromatic heterocycles. The summed E-state index contributed by atoms with van der Waals surface area (Å²) in [6.45, 7) is 4.00. The zero-order chi connectivity index (χ0) is 18.5. The molecular formula is C19H20N4O3. The Hall–Kier alpha value is -3.35. The van der Waals surface area contributed by atoms with E-state index in [0.717, 1.165) is 5.56 Å². The molecule has 0 saturated heterocycles. The molecule has 3 aromatic rings. The monoisotopic (exact) mass is 352 g/mol. The topological polar surface area (TPSA) is 96.3 Å². The molecule has 3 amide bonds. The van der Waals surface area contributed by atoms with Crippen molar-refractivity contribution in [2.24, 2.45) is 0 Å². The van der Waals surface area contributed by atoms with Gasteiger partial charge in [0.2, 0.25) is 0 Å². The fourth-order valence-corrected chi connectivity index (χ4v) is 2.63. The van der Waals surface area contributed by atoms with Crippen LogP contribution in [0.4, 0.5) is 10.5 Å². The lowest BCUT2D eigenvalue weighted by Gasteiger charge is -2.19. The van der Waals surface area contributed by atoms with Crippen LogP contribution in [0.3, 0.4) is 0 Å². The molecule has 3 N–H and O–H groups in total. The molecule has 0 unspecified atom stereocenters. The highest BCUT2D eigenvalue weighted by Gasteiger charge is 2.22. The number of urea groups is 1. The van der Waals surface area contributed by atoms with Crippen LogP contribution in [0.25, 0.3) is 11.1 Å². The quantitative estimate of drug-likeness (QED) is 0.655. The molecule has 0 spiro atoms. The Bertz CT molecular complexity index is 921. The molecule has 0 aliphatic rings. The summed E-state index contributed by atoms with van der Waals surface area (Å²) >= 11 is 0. The first-order chi connectivity index (χ1) is 12.6. The van der Waals surface area contributed by atoms with Crippen molar-refractivity contribution in [3.63, 3.8) is 0 Å². The number of hydrogen-bond donors (Lipinski definition) is 3. The van der Waals surface area contributed by atoms with Gasteiger partial charge in [-0.2, -0.15) is 0 Å². The minimum Gasteiger partial charge on any atom is -0.441 e. The normalized spacial score (nSPS) is 11.8. The predicted molar refractivity (Wildman–Crippen MR) is 98.8 cm³/mol. The van der Waals surface area contributed by atoms with E-state index in [1.54, 1.807) is 26.0 Å². The molecule has 7 nitrogen and oxygen atoms in total. The standard InChI is InChI=1S/C19H20N4O3/c1-3-20-19(25)23-18(24)17(13-7-5-4-6-8-13)22-14-9-10-16-15(11-14)21-12(2)26-16/h4-11,17,22H,3H2,1-2H3,(H2,20,23,24,25)/t17-/m1/s1. The summed E-state index contributed by atoms with van der Waals surface area (Å²) in [7, 11) is 0. The summed E-state index contributed by atoms with van der Waals surface area (Å²) in [5.74, 6) is 0.129. The Balaban J connectivity index is 1.86. The molecule has 0 radical (unpaired) electrons. The minimum absolute atomic E-state index is 0.435. The van der Waals surface area contributed by atoms with Crippen LogP contribution in [0.1, 0.15) is 24.4 Å². The average Bonchev–Trinajstić information content (AvgIpc) is 2.99. The third-order valence-electron chi connectivity index (χ3n) is 3.77. The summed E-state index contributed by atoms with van der Waals surface area (Å²) in [5, 5.41) is 8.08. The Labute approximate surface area is 150 Å². The summed E-state index contributed by atoms with van der Waals surface area (Å²) in [6, 6.07) is 13.4. The van der Waals surface area contributed by atoms with E-state index >= 15 is 0 Å². The molecule has 1 atom stereocenters. The molecule has 7 heteroatoms. The highest BCUT2D eigenvalue weighted by Crippen LogP contribution is 2.24. The molecule has 0 saturated carbocycles. The molecule has 134 valence electrons. The van der Waals surface area contributed by atoms with Gasteiger partial charge in [0, 0.05) is 19.2 Å². The Morgan fingerprint density at radius 3 is 2.65 bits per heavy atom. The van der Waals surface area contributed by atoms with Crippen LogP contribution < -0.4 is 16.0 Å². The number of nitrogens with zero attached hydrogens (tertiary/aromatic N) is 1. The SMILES string of the molecule is CCNC(=O)NC(=O)[C@H](Nc1ccc2oc(C)nc2c1)c1ccccc1. The van der Waals surface area contributed by atoms with E-state index in [-0.39, 0.29) is 0 Å². The third-order valence-corrected chi connectivity index (χ3v) is 3.77. The number of amides is 3. The van der Waals surface area contributed by atoms with Gasteiger partial charge in [0.15, 0.2) is 11.5 Å². The molecule has 0 aliphatic carbocycles. The van der Waals surface area contributed by atoms with Gasteiger partial charge in [-0.15, -0.1) is 0 Å². The number of anilines is 1. The predicted octanol–water partition coefficient (Wildman–Crippen LogP) is 3.14. The van der Waals surface area contributed by atoms with E-state index in [1.807, 2.05) is 36.4 Å². The number of aryl methyl sites for hydroxylation is 1. The summed E-state index contributed by atoms with van der Waals surface area (Å²) in [6.07, 6.45) is 0. The lowest BCUT2D eigenvalue weighted by atomic mass is 10.1. The van der Waals surface area contributed by atoms with E-state index in [0.29, 0.717) is 29.2 Å². The van der Waals surface area contributed by atoms with Crippen molar-refractivity contribution in [1.29, 1.82) is 0 Å². The maximum absolute atomic E-state index is 12.6. The van der Waals surface area contributed by atoms with Gasteiger partial charge in [-0.25, -0.2) is 9.78 Å². The van der Waals surface area contributed by atoms with Gasteiger partial charge in [-0.1, -0.05) is 30.3 Å². The number of imide groups is 1. The van der Waals surface area contributed by atoms with Gasteiger partial charge < -0.3 is 15.1 Å². The lowest BCUT2D eigenvalue weighted by Crippen LogP contribution is -2.43. The molecule has 0 bridgehead atoms. The van der Waals surface area contributed by atoms with E-state index < -0.39 is 18.0 Å². The Kier molecular flexibility index (Phi) is 5.17. The summed E-state index contributed by atoms with van der Waals surface area (Å²) < 4.78 is 5.47. The number of carbonyl (C=O) groups is 2. The first-order valence-corrected chi connectivity index (χ1v) is 8.34. The van der Waals surface area contributed by atoms with E-state index in [9.17, 15) is 9.59 Å². The smallest absolute Gasteiger partial charge is 0.321 e. The van der Waals surface area contributed by atoms with Crippen molar-refractivity contribution in [3.8, 4) is 0 Å². The van der Waals surface area contributed by atoms with Gasteiger partial charge in [-0.05, 0) is 30.7 Å². The van der Waals surface area contributed by atoms with Gasteiger partial charge in [0.05, 0.1) is 0 Å². The van der Waals surface area contributed by atoms with Crippen LogP contribution in [-0.4, -0.2) is 23.5 Å². The highest BCUT2D eigenvalue weighted by atomic mass is 16.3. The van der Waals surface area contributed by atoms with Crippen LogP contribution in [0, 0.1) is 6.92 Å². The zero-order valence-electron chi connectivity index (χ0n) is 14.6. The van der Waals surface area contributed by atoms with Gasteiger partial charge >= 0.3 is 6.03 Å². The molecular weight excluding hydrogens is 332 g/mol. The van der Waals surface area contributed by atoms with E-state index in [2.05, 4.69) is 20.9 Å². The third kappa shape index (κ3) is 4.00. The number of nitrogens with one attached hydrogen (secondary N) is 3. The molecule has 1 heterocycles. The maximum Gasteiger partial charge on any atom is 0.321 e. The van der Waals surface area contributed by atoms with Crippen molar-refractivity contribution in [1.82, 2.24) is 15.6 Å². The number of oxazole rings is 1. The van der Waals surface area contributed by atoms with Gasteiger partial charge in [0.25, 0.3) is 5.91 Å². The van der Waals surface area contributed by atoms with Crippen molar-refractivity contribution in [2.45, 2.75) is 19.9 Å².